The first-order chi connectivity index (χ1) is 29.6. The SMILES string of the molecule is C[C@@H](N)C(F)(F)F.Cc1cc(C(=O)C[C@H](C)C(F)(F)F)nc2c1N1CC[C@@H](C1)N2C(=O)Nc1ccccn1.Cc1cc(C(=O)O)nc2c1N1CC[C@@H](C1)N2C(=O)Nc1ccccn1. The summed E-state index contributed by atoms with van der Waals surface area (Å²) in [5, 5.41) is 14.8. The van der Waals surface area contributed by atoms with Crippen molar-refractivity contribution in [2.75, 3.05) is 56.4 Å². The number of ketones is 1. The molecule has 8 rings (SSSR count). The monoisotopic (exact) mass is 885 g/mol. The molecule has 4 atom stereocenters. The minimum Gasteiger partial charge on any atom is -0.477 e. The molecule has 4 aromatic heterocycles. The Bertz CT molecular complexity index is 2340. The van der Waals surface area contributed by atoms with Gasteiger partial charge in [0.1, 0.15) is 17.3 Å². The third kappa shape index (κ3) is 10.4. The second-order valence-electron chi connectivity index (χ2n) is 15.5. The number of anilines is 6. The molecule has 8 heterocycles. The molecule has 4 aromatic rings. The normalized spacial score (nSPS) is 18.1. The van der Waals surface area contributed by atoms with Crippen molar-refractivity contribution in [1.29, 1.82) is 0 Å². The summed E-state index contributed by atoms with van der Waals surface area (Å²) in [5.74, 6) is -2.07. The first-order valence-electron chi connectivity index (χ1n) is 19.8. The Morgan fingerprint density at radius 2 is 1.17 bits per heavy atom. The molecule has 2 saturated heterocycles. The fourth-order valence-corrected chi connectivity index (χ4v) is 7.56. The Hall–Kier alpha value is -6.58. The molecule has 4 bridgehead atoms. The van der Waals surface area contributed by atoms with Crippen molar-refractivity contribution in [3.8, 4) is 0 Å². The van der Waals surface area contributed by atoms with Gasteiger partial charge in [0, 0.05) is 45.0 Å². The van der Waals surface area contributed by atoms with Crippen molar-refractivity contribution >= 4 is 58.5 Å². The van der Waals surface area contributed by atoms with Gasteiger partial charge in [-0.1, -0.05) is 19.1 Å². The fourth-order valence-electron chi connectivity index (χ4n) is 7.56. The third-order valence-corrected chi connectivity index (χ3v) is 10.8. The molecule has 4 amide bonds. The number of alkyl halides is 6. The minimum atomic E-state index is -4.46. The highest BCUT2D eigenvalue weighted by Crippen LogP contribution is 2.43. The Labute approximate surface area is 357 Å². The maximum Gasteiger partial charge on any atom is 0.403 e. The number of pyridine rings is 4. The molecule has 4 aliphatic rings. The van der Waals surface area contributed by atoms with Crippen molar-refractivity contribution in [3.05, 3.63) is 83.4 Å². The van der Waals surface area contributed by atoms with Crippen LogP contribution in [0.2, 0.25) is 0 Å². The van der Waals surface area contributed by atoms with E-state index in [9.17, 15) is 50.6 Å². The molecule has 0 aliphatic carbocycles. The number of nitrogens with one attached hydrogen (secondary N) is 2. The molecule has 0 aromatic carbocycles. The zero-order valence-corrected chi connectivity index (χ0v) is 34.5. The number of fused-ring (bicyclic) bond motifs is 8. The number of nitrogens with zero attached hydrogens (tertiary/aromatic N) is 8. The number of hydrogen-bond donors (Lipinski definition) is 4. The summed E-state index contributed by atoms with van der Waals surface area (Å²) in [6.45, 7) is 8.40. The van der Waals surface area contributed by atoms with E-state index in [1.165, 1.54) is 11.0 Å². The van der Waals surface area contributed by atoms with E-state index in [0.717, 1.165) is 63.3 Å². The average Bonchev–Trinajstić information content (AvgIpc) is 3.82. The van der Waals surface area contributed by atoms with Crippen LogP contribution in [-0.4, -0.2) is 106 Å². The van der Waals surface area contributed by atoms with Crippen molar-refractivity contribution in [1.82, 2.24) is 19.9 Å². The van der Waals surface area contributed by atoms with E-state index in [1.807, 2.05) is 6.92 Å². The van der Waals surface area contributed by atoms with Crippen LogP contribution >= 0.6 is 0 Å². The number of rotatable bonds is 6. The summed E-state index contributed by atoms with van der Waals surface area (Å²) >= 11 is 0. The zero-order chi connectivity index (χ0) is 46.0. The molecule has 0 radical (unpaired) electrons. The van der Waals surface area contributed by atoms with Gasteiger partial charge in [-0.05, 0) is 81.1 Å². The lowest BCUT2D eigenvalue weighted by molar-refractivity contribution is -0.168. The van der Waals surface area contributed by atoms with Crippen molar-refractivity contribution in [3.63, 3.8) is 0 Å². The Morgan fingerprint density at radius 3 is 1.56 bits per heavy atom. The molecular formula is C41H45F6N11O5. The highest BCUT2D eigenvalue weighted by atomic mass is 19.4. The van der Waals surface area contributed by atoms with Crippen LogP contribution in [0.25, 0.3) is 0 Å². The van der Waals surface area contributed by atoms with Crippen molar-refractivity contribution < 1.29 is 50.6 Å². The summed E-state index contributed by atoms with van der Waals surface area (Å²) in [7, 11) is 0. The lowest BCUT2D eigenvalue weighted by Crippen LogP contribution is -2.48. The van der Waals surface area contributed by atoms with Crippen molar-refractivity contribution in [2.24, 2.45) is 11.7 Å². The predicted octanol–water partition coefficient (Wildman–Crippen LogP) is 7.20. The molecule has 16 nitrogen and oxygen atoms in total. The number of aromatic nitrogens is 4. The number of hydrogen-bond acceptors (Lipinski definition) is 11. The number of carbonyl (C=O) groups excluding carboxylic acids is 3. The molecule has 2 fully saturated rings. The summed E-state index contributed by atoms with van der Waals surface area (Å²) < 4.78 is 71.9. The van der Waals surface area contributed by atoms with Gasteiger partial charge in [0.25, 0.3) is 0 Å². The molecule has 0 saturated carbocycles. The average molecular weight is 886 g/mol. The molecule has 63 heavy (non-hydrogen) atoms. The van der Waals surface area contributed by atoms with E-state index >= 15 is 0 Å². The number of carbonyl (C=O) groups is 4. The molecule has 22 heteroatoms. The first-order valence-corrected chi connectivity index (χ1v) is 19.8. The number of amides is 4. The molecule has 4 aliphatic heterocycles. The standard InChI is InChI=1S/C21H22F3N5O2.C17H17N5O3.C3H6F3N/c1-12-9-15(16(30)10-13(2)21(22,23)24)26-19-18(12)28-8-6-14(11-28)29(19)20(31)27-17-5-3-4-7-25-17;1-10-8-12(16(23)24)19-15-14(10)21-7-5-11(9-21)22(15)17(25)20-13-4-2-3-6-18-13;1-2(7)3(4,5)6/h3-5,7,9,13-14H,6,8,10-11H2,1-2H3,(H,25,27,31);2-4,6,8,11H,5,7,9H2,1H3,(H,23,24)(H,18,20,25);2H,7H2,1H3/t13-,14-;11-;2-/m001/s1. The van der Waals surface area contributed by atoms with Crippen LogP contribution in [-0.2, 0) is 0 Å². The number of halogens is 6. The van der Waals surface area contributed by atoms with Gasteiger partial charge in [0.2, 0.25) is 0 Å². The van der Waals surface area contributed by atoms with Crippen LogP contribution in [0.4, 0.5) is 70.6 Å². The Morgan fingerprint density at radius 1 is 0.746 bits per heavy atom. The van der Waals surface area contributed by atoms with Crippen LogP contribution in [0.3, 0.4) is 0 Å². The van der Waals surface area contributed by atoms with Gasteiger partial charge in [0.15, 0.2) is 23.1 Å². The highest BCUT2D eigenvalue weighted by Gasteiger charge is 2.44. The van der Waals surface area contributed by atoms with Crippen LogP contribution in [0.1, 0.15) is 65.2 Å². The molecule has 336 valence electrons. The summed E-state index contributed by atoms with van der Waals surface area (Å²) in [6.07, 6.45) is -4.69. The lowest BCUT2D eigenvalue weighted by atomic mass is 10.0. The number of carboxylic acid groups (broad SMARTS) is 1. The van der Waals surface area contributed by atoms with Crippen molar-refractivity contribution in [2.45, 2.75) is 77.4 Å². The minimum absolute atomic E-state index is 0.0350. The fraction of sp³-hybridized carbons (Fsp3) is 0.415. The van der Waals surface area contributed by atoms with E-state index in [-0.39, 0.29) is 29.5 Å². The number of urea groups is 2. The van der Waals surface area contributed by atoms with Gasteiger partial charge in [-0.15, -0.1) is 0 Å². The van der Waals surface area contributed by atoms with Gasteiger partial charge < -0.3 is 20.6 Å². The number of nitrogens with two attached hydrogens (primary N) is 1. The van der Waals surface area contributed by atoms with Gasteiger partial charge in [-0.2, -0.15) is 26.3 Å². The van der Waals surface area contributed by atoms with Crippen LogP contribution in [0, 0.1) is 19.8 Å². The van der Waals surface area contributed by atoms with Crippen LogP contribution < -0.4 is 36.0 Å². The number of aromatic carboxylic acids is 1. The van der Waals surface area contributed by atoms with E-state index < -0.39 is 48.5 Å². The van der Waals surface area contributed by atoms with Gasteiger partial charge in [-0.25, -0.2) is 34.3 Å². The number of Topliss-reactive ketones (excluding diaryl/α,β-unsaturated/α-hetero) is 1. The number of carboxylic acids is 1. The van der Waals surface area contributed by atoms with E-state index in [4.69, 9.17) is 0 Å². The highest BCUT2D eigenvalue weighted by molar-refractivity contribution is 6.06. The van der Waals surface area contributed by atoms with Gasteiger partial charge >= 0.3 is 30.4 Å². The quantitative estimate of drug-likeness (QED) is 0.112. The first kappa shape index (κ1) is 45.9. The number of aryl methyl sites for hydroxylation is 2. The van der Waals surface area contributed by atoms with Crippen LogP contribution in [0.5, 0.6) is 0 Å². The predicted molar refractivity (Wildman–Crippen MR) is 221 cm³/mol. The van der Waals surface area contributed by atoms with Crippen LogP contribution in [0.15, 0.2) is 60.9 Å². The maximum absolute atomic E-state index is 13.1. The molecular weight excluding hydrogens is 841 g/mol. The van der Waals surface area contributed by atoms with E-state index in [1.54, 1.807) is 66.7 Å². The second-order valence-corrected chi connectivity index (χ2v) is 15.5. The third-order valence-electron chi connectivity index (χ3n) is 10.8. The van der Waals surface area contributed by atoms with E-state index in [0.29, 0.717) is 35.4 Å². The Balaban J connectivity index is 0.000000185. The van der Waals surface area contributed by atoms with E-state index in [2.05, 4.69) is 46.1 Å². The summed E-state index contributed by atoms with van der Waals surface area (Å²) in [4.78, 5) is 74.1. The summed E-state index contributed by atoms with van der Waals surface area (Å²) in [6, 6.07) is 10.8. The zero-order valence-electron chi connectivity index (χ0n) is 34.5. The Kier molecular flexibility index (Phi) is 13.4. The maximum atomic E-state index is 13.1. The molecule has 0 spiro atoms. The molecule has 5 N–H and O–H groups in total. The summed E-state index contributed by atoms with van der Waals surface area (Å²) in [5.41, 5.74) is 7.38. The topological polar surface area (TPSA) is 203 Å². The molecule has 0 unspecified atom stereocenters. The smallest absolute Gasteiger partial charge is 0.403 e. The van der Waals surface area contributed by atoms with Gasteiger partial charge in [-0.3, -0.25) is 25.2 Å². The lowest BCUT2D eigenvalue weighted by Gasteiger charge is -2.36. The van der Waals surface area contributed by atoms with Gasteiger partial charge in [0.05, 0.1) is 35.4 Å². The second kappa shape index (κ2) is 18.4. The largest absolute Gasteiger partial charge is 0.477 e.